The van der Waals surface area contributed by atoms with Crippen molar-refractivity contribution >= 4 is 29.5 Å². The maximum Gasteiger partial charge on any atom is 0.494 e. The number of benzene rings is 2. The molecule has 3 aromatic rings. The van der Waals surface area contributed by atoms with Gasteiger partial charge in [-0.2, -0.15) is 0 Å². The van der Waals surface area contributed by atoms with Crippen LogP contribution in [-0.4, -0.2) is 40.6 Å². The van der Waals surface area contributed by atoms with Gasteiger partial charge >= 0.3 is 13.1 Å². The molecule has 2 aromatic carbocycles. The highest BCUT2D eigenvalue weighted by Crippen LogP contribution is 2.36. The molecule has 0 unspecified atom stereocenters. The fraction of sp³-hybridized carbons (Fsp3) is 0.400. The Bertz CT molecular complexity index is 1120. The molecule has 0 saturated carbocycles. The van der Waals surface area contributed by atoms with E-state index in [-0.39, 0.29) is 18.1 Å². The summed E-state index contributed by atoms with van der Waals surface area (Å²) in [6.45, 7) is 10.9. The lowest BCUT2D eigenvalue weighted by molar-refractivity contribution is -0.142. The molecule has 1 N–H and O–H groups in total. The van der Waals surface area contributed by atoms with Crippen LogP contribution in [0.1, 0.15) is 45.7 Å². The van der Waals surface area contributed by atoms with Crippen LogP contribution in [0.5, 0.6) is 5.75 Å². The zero-order valence-electron chi connectivity index (χ0n) is 19.3. The fourth-order valence-corrected chi connectivity index (χ4v) is 3.95. The normalized spacial score (nSPS) is 17.1. The van der Waals surface area contributed by atoms with Crippen molar-refractivity contribution in [3.05, 3.63) is 59.8 Å². The van der Waals surface area contributed by atoms with Crippen LogP contribution < -0.4 is 5.46 Å². The molecule has 0 radical (unpaired) electrons. The largest absolute Gasteiger partial charge is 0.508 e. The van der Waals surface area contributed by atoms with Gasteiger partial charge in [0, 0.05) is 23.6 Å². The van der Waals surface area contributed by atoms with Crippen LogP contribution in [-0.2, 0) is 31.8 Å². The second-order valence-corrected chi connectivity index (χ2v) is 9.30. The monoisotopic (exact) mass is 435 g/mol. The first kappa shape index (κ1) is 22.4. The molecule has 32 heavy (non-hydrogen) atoms. The van der Waals surface area contributed by atoms with E-state index in [1.807, 2.05) is 65.1 Å². The fourth-order valence-electron chi connectivity index (χ4n) is 3.95. The average molecular weight is 435 g/mol. The van der Waals surface area contributed by atoms with Gasteiger partial charge in [0.25, 0.3) is 0 Å². The molecule has 0 amide bonds. The first-order valence-corrected chi connectivity index (χ1v) is 11.0. The Morgan fingerprint density at radius 3 is 2.34 bits per heavy atom. The highest BCUT2D eigenvalue weighted by Gasteiger charge is 2.51. The van der Waals surface area contributed by atoms with Gasteiger partial charge in [-0.15, -0.1) is 0 Å². The predicted octanol–water partition coefficient (Wildman–Crippen LogP) is 3.80. The number of nitrogens with zero attached hydrogens (tertiary/aromatic N) is 1. The summed E-state index contributed by atoms with van der Waals surface area (Å²) in [6, 6.07) is 13.2. The van der Waals surface area contributed by atoms with Crippen molar-refractivity contribution in [2.45, 2.75) is 58.8 Å². The van der Waals surface area contributed by atoms with Gasteiger partial charge < -0.3 is 23.7 Å². The Morgan fingerprint density at radius 2 is 1.72 bits per heavy atom. The summed E-state index contributed by atoms with van der Waals surface area (Å²) >= 11 is 0. The molecule has 1 saturated heterocycles. The Morgan fingerprint density at radius 1 is 1.06 bits per heavy atom. The minimum absolute atomic E-state index is 0.211. The summed E-state index contributed by atoms with van der Waals surface area (Å²) in [5, 5.41) is 10.6. The molecule has 0 atom stereocenters. The summed E-state index contributed by atoms with van der Waals surface area (Å²) in [5.41, 5.74) is 3.04. The Labute approximate surface area is 189 Å². The van der Waals surface area contributed by atoms with Gasteiger partial charge in [-0.05, 0) is 69.4 Å². The van der Waals surface area contributed by atoms with Crippen LogP contribution in [0.2, 0.25) is 0 Å². The predicted molar refractivity (Wildman–Crippen MR) is 125 cm³/mol. The number of carbonyl (C=O) groups excluding carboxylic acids is 1. The number of aromatic hydroxyl groups is 1. The lowest BCUT2D eigenvalue weighted by Crippen LogP contribution is -2.41. The lowest BCUT2D eigenvalue weighted by Gasteiger charge is -2.32. The maximum absolute atomic E-state index is 12.2. The summed E-state index contributed by atoms with van der Waals surface area (Å²) in [5.74, 6) is -0.0108. The standard InChI is InChI=1S/C25H30BNO5/c1-6-30-23(29)13-18-16-27(15-17-7-10-20(28)11-8-17)22-14-19(9-12-21(18)22)26-31-24(2,3)25(4,5)32-26/h7-12,14,16,28H,6,13,15H2,1-5H3. The number of phenols is 1. The first-order valence-electron chi connectivity index (χ1n) is 11.0. The topological polar surface area (TPSA) is 69.9 Å². The smallest absolute Gasteiger partial charge is 0.494 e. The SMILES string of the molecule is CCOC(=O)Cc1cn(Cc2ccc(O)cc2)c2cc(B3OC(C)(C)C(C)(C)O3)ccc12. The van der Waals surface area contributed by atoms with Gasteiger partial charge in [0.2, 0.25) is 0 Å². The lowest BCUT2D eigenvalue weighted by atomic mass is 9.78. The van der Waals surface area contributed by atoms with Gasteiger partial charge in [0.1, 0.15) is 5.75 Å². The van der Waals surface area contributed by atoms with Crippen LogP contribution in [0.25, 0.3) is 10.9 Å². The molecule has 0 spiro atoms. The van der Waals surface area contributed by atoms with Crippen molar-refractivity contribution in [1.29, 1.82) is 0 Å². The molecule has 0 bridgehead atoms. The average Bonchev–Trinajstić information content (AvgIpc) is 3.16. The highest BCUT2D eigenvalue weighted by atomic mass is 16.7. The van der Waals surface area contributed by atoms with E-state index >= 15 is 0 Å². The number of esters is 1. The van der Waals surface area contributed by atoms with E-state index in [2.05, 4.69) is 10.6 Å². The molecule has 0 aliphatic carbocycles. The molecule has 168 valence electrons. The van der Waals surface area contributed by atoms with Crippen molar-refractivity contribution in [3.8, 4) is 5.75 Å². The number of rotatable bonds is 6. The minimum atomic E-state index is -0.463. The molecule has 6 nitrogen and oxygen atoms in total. The number of carbonyl (C=O) groups is 1. The summed E-state index contributed by atoms with van der Waals surface area (Å²) in [4.78, 5) is 12.2. The summed E-state index contributed by atoms with van der Waals surface area (Å²) < 4.78 is 19.8. The van der Waals surface area contributed by atoms with Crippen LogP contribution in [0.3, 0.4) is 0 Å². The van der Waals surface area contributed by atoms with Gasteiger partial charge in [0.15, 0.2) is 0 Å². The number of aromatic nitrogens is 1. The molecule has 4 rings (SSSR count). The van der Waals surface area contributed by atoms with Gasteiger partial charge in [-0.3, -0.25) is 4.79 Å². The van der Waals surface area contributed by atoms with Crippen LogP contribution >= 0.6 is 0 Å². The minimum Gasteiger partial charge on any atom is -0.508 e. The highest BCUT2D eigenvalue weighted by molar-refractivity contribution is 6.62. The molecule has 2 heterocycles. The number of fused-ring (bicyclic) bond motifs is 1. The molecule has 1 aliphatic heterocycles. The quantitative estimate of drug-likeness (QED) is 0.471. The van der Waals surface area contributed by atoms with Gasteiger partial charge in [-0.1, -0.05) is 24.3 Å². The van der Waals surface area contributed by atoms with Gasteiger partial charge in [-0.25, -0.2) is 0 Å². The number of ether oxygens (including phenoxy) is 1. The second-order valence-electron chi connectivity index (χ2n) is 9.30. The molecular formula is C25H30BNO5. The molecular weight excluding hydrogens is 405 g/mol. The summed E-state index contributed by atoms with van der Waals surface area (Å²) in [7, 11) is -0.463. The Hall–Kier alpha value is -2.77. The Balaban J connectivity index is 1.73. The zero-order valence-corrected chi connectivity index (χ0v) is 19.3. The van der Waals surface area contributed by atoms with E-state index < -0.39 is 18.3 Å². The van der Waals surface area contributed by atoms with Gasteiger partial charge in [0.05, 0.1) is 24.2 Å². The number of hydrogen-bond acceptors (Lipinski definition) is 5. The first-order chi connectivity index (χ1) is 15.1. The van der Waals surface area contributed by atoms with Crippen molar-refractivity contribution < 1.29 is 23.9 Å². The third-order valence-electron chi connectivity index (χ3n) is 6.44. The van der Waals surface area contributed by atoms with Crippen molar-refractivity contribution in [2.24, 2.45) is 0 Å². The van der Waals surface area contributed by atoms with Crippen LogP contribution in [0, 0.1) is 0 Å². The van der Waals surface area contributed by atoms with Crippen molar-refractivity contribution in [2.75, 3.05) is 6.61 Å². The Kier molecular flexibility index (Phi) is 5.82. The van der Waals surface area contributed by atoms with Crippen LogP contribution in [0.4, 0.5) is 0 Å². The van der Waals surface area contributed by atoms with E-state index in [1.165, 1.54) is 0 Å². The van der Waals surface area contributed by atoms with Crippen molar-refractivity contribution in [1.82, 2.24) is 4.57 Å². The molecule has 7 heteroatoms. The van der Waals surface area contributed by atoms with E-state index in [0.717, 1.165) is 27.5 Å². The molecule has 1 fully saturated rings. The van der Waals surface area contributed by atoms with E-state index in [0.29, 0.717) is 13.2 Å². The third-order valence-corrected chi connectivity index (χ3v) is 6.44. The zero-order chi connectivity index (χ0) is 23.1. The number of phenolic OH excluding ortho intramolecular Hbond substituents is 1. The van der Waals surface area contributed by atoms with E-state index in [9.17, 15) is 9.90 Å². The molecule has 1 aromatic heterocycles. The molecule has 1 aliphatic rings. The number of hydrogen-bond donors (Lipinski definition) is 1. The van der Waals surface area contributed by atoms with E-state index in [4.69, 9.17) is 14.0 Å². The second kappa shape index (κ2) is 8.30. The third kappa shape index (κ3) is 4.27. The van der Waals surface area contributed by atoms with Crippen molar-refractivity contribution in [3.63, 3.8) is 0 Å². The summed E-state index contributed by atoms with van der Waals surface area (Å²) in [6.07, 6.45) is 2.21. The maximum atomic E-state index is 12.2. The van der Waals surface area contributed by atoms with E-state index in [1.54, 1.807) is 12.1 Å². The van der Waals surface area contributed by atoms with Crippen LogP contribution in [0.15, 0.2) is 48.7 Å².